The first kappa shape index (κ1) is 11.5. The van der Waals surface area contributed by atoms with Crippen LogP contribution in [0.2, 0.25) is 10.0 Å². The summed E-state index contributed by atoms with van der Waals surface area (Å²) >= 11 is 11.7. The van der Waals surface area contributed by atoms with Gasteiger partial charge in [-0.1, -0.05) is 35.8 Å². The summed E-state index contributed by atoms with van der Waals surface area (Å²) in [5.74, 6) is -0.147. The summed E-state index contributed by atoms with van der Waals surface area (Å²) in [6.45, 7) is 3.35. The number of hydrogen-bond acceptors (Lipinski definition) is 2. The number of ether oxygens (including phenoxy) is 1. The third-order valence-electron chi connectivity index (χ3n) is 2.54. The highest BCUT2D eigenvalue weighted by Crippen LogP contribution is 2.44. The standard InChI is InChI=1S/C12H10Cl2O2/c1-2-12(15)16-11-6-8(11)7-3-4-9(13)10(14)5-7/h2-5,8,11H,1,6H2/t8-,11+/m0/s1. The number of hydrogen-bond donors (Lipinski definition) is 0. The third-order valence-corrected chi connectivity index (χ3v) is 3.28. The van der Waals surface area contributed by atoms with Crippen molar-refractivity contribution in [2.24, 2.45) is 0 Å². The Morgan fingerprint density at radius 3 is 2.81 bits per heavy atom. The Morgan fingerprint density at radius 2 is 2.19 bits per heavy atom. The Bertz CT molecular complexity index is 443. The molecule has 0 aromatic heterocycles. The minimum absolute atomic E-state index is 0.0530. The molecular weight excluding hydrogens is 247 g/mol. The zero-order chi connectivity index (χ0) is 11.7. The number of esters is 1. The van der Waals surface area contributed by atoms with Crippen molar-refractivity contribution in [2.75, 3.05) is 0 Å². The van der Waals surface area contributed by atoms with Crippen LogP contribution in [-0.2, 0) is 9.53 Å². The fraction of sp³-hybridized carbons (Fsp3) is 0.250. The maximum Gasteiger partial charge on any atom is 0.330 e. The van der Waals surface area contributed by atoms with Crippen molar-refractivity contribution in [2.45, 2.75) is 18.4 Å². The van der Waals surface area contributed by atoms with Crippen LogP contribution in [0.5, 0.6) is 0 Å². The molecule has 1 saturated carbocycles. The van der Waals surface area contributed by atoms with Gasteiger partial charge in [0.2, 0.25) is 0 Å². The van der Waals surface area contributed by atoms with Gasteiger partial charge < -0.3 is 4.74 Å². The van der Waals surface area contributed by atoms with Gasteiger partial charge in [-0.2, -0.15) is 0 Å². The first-order valence-corrected chi connectivity index (χ1v) is 5.65. The number of carbonyl (C=O) groups excluding carboxylic acids is 1. The van der Waals surface area contributed by atoms with Crippen LogP contribution in [0, 0.1) is 0 Å². The molecule has 4 heteroatoms. The van der Waals surface area contributed by atoms with E-state index in [0.29, 0.717) is 10.0 Å². The van der Waals surface area contributed by atoms with Gasteiger partial charge in [0, 0.05) is 12.0 Å². The lowest BCUT2D eigenvalue weighted by molar-refractivity contribution is -0.139. The smallest absolute Gasteiger partial charge is 0.330 e. The van der Waals surface area contributed by atoms with E-state index in [0.717, 1.165) is 12.0 Å². The van der Waals surface area contributed by atoms with Gasteiger partial charge in [-0.3, -0.25) is 0 Å². The molecular formula is C12H10Cl2O2. The number of benzene rings is 1. The topological polar surface area (TPSA) is 26.3 Å². The summed E-state index contributed by atoms with van der Waals surface area (Å²) < 4.78 is 5.11. The van der Waals surface area contributed by atoms with Crippen LogP contribution in [0.15, 0.2) is 30.9 Å². The van der Waals surface area contributed by atoms with Gasteiger partial charge in [-0.05, 0) is 24.1 Å². The molecule has 16 heavy (non-hydrogen) atoms. The summed E-state index contributed by atoms with van der Waals surface area (Å²) in [5.41, 5.74) is 1.05. The first-order valence-electron chi connectivity index (χ1n) is 4.90. The number of halogens is 2. The summed E-state index contributed by atoms with van der Waals surface area (Å²) in [6.07, 6.45) is 1.95. The molecule has 0 aliphatic heterocycles. The van der Waals surface area contributed by atoms with Gasteiger partial charge in [0.15, 0.2) is 0 Å². The lowest BCUT2D eigenvalue weighted by Crippen LogP contribution is -2.03. The van der Waals surface area contributed by atoms with E-state index < -0.39 is 0 Å². The molecule has 2 atom stereocenters. The van der Waals surface area contributed by atoms with E-state index in [1.54, 1.807) is 6.07 Å². The summed E-state index contributed by atoms with van der Waals surface area (Å²) in [6, 6.07) is 5.47. The van der Waals surface area contributed by atoms with Crippen LogP contribution >= 0.6 is 23.2 Å². The van der Waals surface area contributed by atoms with Crippen LogP contribution in [0.4, 0.5) is 0 Å². The Morgan fingerprint density at radius 1 is 1.44 bits per heavy atom. The Labute approximate surface area is 104 Å². The molecule has 1 aromatic rings. The Hall–Kier alpha value is -0.990. The molecule has 0 spiro atoms. The zero-order valence-corrected chi connectivity index (χ0v) is 9.96. The molecule has 0 radical (unpaired) electrons. The van der Waals surface area contributed by atoms with Crippen LogP contribution in [0.3, 0.4) is 0 Å². The molecule has 1 aliphatic rings. The fourth-order valence-electron chi connectivity index (χ4n) is 1.59. The number of rotatable bonds is 3. The minimum Gasteiger partial charge on any atom is -0.459 e. The average Bonchev–Trinajstić information content (AvgIpc) is 3.01. The molecule has 1 aliphatic carbocycles. The SMILES string of the molecule is C=CC(=O)O[C@@H]1C[C@H]1c1ccc(Cl)c(Cl)c1. The molecule has 0 heterocycles. The number of carbonyl (C=O) groups is 1. The van der Waals surface area contributed by atoms with E-state index >= 15 is 0 Å². The lowest BCUT2D eigenvalue weighted by Gasteiger charge is -2.03. The lowest BCUT2D eigenvalue weighted by atomic mass is 10.1. The van der Waals surface area contributed by atoms with Gasteiger partial charge in [0.05, 0.1) is 10.0 Å². The van der Waals surface area contributed by atoms with Gasteiger partial charge in [-0.25, -0.2) is 4.79 Å². The summed E-state index contributed by atoms with van der Waals surface area (Å²) in [7, 11) is 0. The normalized spacial score (nSPS) is 22.6. The molecule has 84 valence electrons. The second-order valence-electron chi connectivity index (χ2n) is 3.70. The van der Waals surface area contributed by atoms with Gasteiger partial charge in [0.25, 0.3) is 0 Å². The van der Waals surface area contributed by atoms with Crippen molar-refractivity contribution in [3.8, 4) is 0 Å². The van der Waals surface area contributed by atoms with Crippen molar-refractivity contribution in [1.82, 2.24) is 0 Å². The maximum atomic E-state index is 11.0. The molecule has 2 rings (SSSR count). The molecule has 2 nitrogen and oxygen atoms in total. The third kappa shape index (κ3) is 2.39. The Balaban J connectivity index is 2.03. The average molecular weight is 257 g/mol. The predicted molar refractivity (Wildman–Crippen MR) is 63.9 cm³/mol. The second kappa shape index (κ2) is 4.48. The molecule has 1 aromatic carbocycles. The highest BCUT2D eigenvalue weighted by molar-refractivity contribution is 6.42. The first-order chi connectivity index (χ1) is 7.61. The summed E-state index contributed by atoms with van der Waals surface area (Å²) in [5, 5.41) is 1.06. The van der Waals surface area contributed by atoms with Gasteiger partial charge in [0.1, 0.15) is 6.10 Å². The largest absolute Gasteiger partial charge is 0.459 e. The van der Waals surface area contributed by atoms with Crippen molar-refractivity contribution >= 4 is 29.2 Å². The highest BCUT2D eigenvalue weighted by atomic mass is 35.5. The van der Waals surface area contributed by atoms with E-state index in [1.807, 2.05) is 12.1 Å². The minimum atomic E-state index is -0.382. The van der Waals surface area contributed by atoms with Crippen LogP contribution in [-0.4, -0.2) is 12.1 Å². The molecule has 0 N–H and O–H groups in total. The molecule has 0 saturated heterocycles. The molecule has 0 unspecified atom stereocenters. The van der Waals surface area contributed by atoms with Crippen LogP contribution in [0.25, 0.3) is 0 Å². The van der Waals surface area contributed by atoms with Crippen molar-refractivity contribution in [3.05, 3.63) is 46.5 Å². The highest BCUT2D eigenvalue weighted by Gasteiger charge is 2.41. The van der Waals surface area contributed by atoms with E-state index in [4.69, 9.17) is 27.9 Å². The molecule has 1 fully saturated rings. The van der Waals surface area contributed by atoms with E-state index in [-0.39, 0.29) is 18.0 Å². The second-order valence-corrected chi connectivity index (χ2v) is 4.51. The maximum absolute atomic E-state index is 11.0. The van der Waals surface area contributed by atoms with E-state index in [9.17, 15) is 4.79 Å². The zero-order valence-electron chi connectivity index (χ0n) is 8.45. The van der Waals surface area contributed by atoms with Crippen LogP contribution < -0.4 is 0 Å². The van der Waals surface area contributed by atoms with E-state index in [1.165, 1.54) is 6.08 Å². The van der Waals surface area contributed by atoms with Crippen molar-refractivity contribution < 1.29 is 9.53 Å². The fourth-order valence-corrected chi connectivity index (χ4v) is 1.90. The van der Waals surface area contributed by atoms with E-state index in [2.05, 4.69) is 6.58 Å². The predicted octanol–water partition coefficient (Wildman–Crippen LogP) is 3.58. The van der Waals surface area contributed by atoms with Gasteiger partial charge in [-0.15, -0.1) is 0 Å². The van der Waals surface area contributed by atoms with Crippen molar-refractivity contribution in [1.29, 1.82) is 0 Å². The van der Waals surface area contributed by atoms with Crippen LogP contribution in [0.1, 0.15) is 17.9 Å². The van der Waals surface area contributed by atoms with Crippen molar-refractivity contribution in [3.63, 3.8) is 0 Å². The molecule has 0 amide bonds. The molecule has 0 bridgehead atoms. The van der Waals surface area contributed by atoms with Gasteiger partial charge >= 0.3 is 5.97 Å². The monoisotopic (exact) mass is 256 g/mol. The Kier molecular flexibility index (Phi) is 3.22. The quantitative estimate of drug-likeness (QED) is 0.611. The summed E-state index contributed by atoms with van der Waals surface area (Å²) in [4.78, 5) is 11.0.